The lowest BCUT2D eigenvalue weighted by Crippen LogP contribution is -2.46. The molecule has 2 aliphatic carbocycles. The first-order valence-corrected chi connectivity index (χ1v) is 16.1. The van der Waals surface area contributed by atoms with E-state index in [9.17, 15) is 19.4 Å². The fourth-order valence-electron chi connectivity index (χ4n) is 6.04. The number of aryl methyl sites for hydroxylation is 1. The summed E-state index contributed by atoms with van der Waals surface area (Å²) in [5.41, 5.74) is 2.50. The molecule has 0 spiro atoms. The Hall–Kier alpha value is -2.70. The third kappa shape index (κ3) is 7.78. The molecule has 1 fully saturated rings. The van der Waals surface area contributed by atoms with Crippen LogP contribution in [0.4, 0.5) is 0 Å². The van der Waals surface area contributed by atoms with Crippen LogP contribution in [0.25, 0.3) is 0 Å². The molecule has 4 rings (SSSR count). The Morgan fingerprint density at radius 1 is 1.15 bits per heavy atom. The van der Waals surface area contributed by atoms with Crippen molar-refractivity contribution in [2.24, 2.45) is 5.92 Å². The van der Waals surface area contributed by atoms with E-state index in [1.54, 1.807) is 36.4 Å². The third-order valence-electron chi connectivity index (χ3n) is 8.19. The summed E-state index contributed by atoms with van der Waals surface area (Å²) in [5, 5.41) is 11.3. The van der Waals surface area contributed by atoms with E-state index in [1.165, 1.54) is 5.57 Å². The number of hydrogen-bond donors (Lipinski definition) is 1. The molecular weight excluding hydrogens is 539 g/mol. The molecule has 3 atom stereocenters. The second-order valence-corrected chi connectivity index (χ2v) is 12.9. The zero-order valence-corrected chi connectivity index (χ0v) is 25.3. The van der Waals surface area contributed by atoms with E-state index in [2.05, 4.69) is 19.6 Å². The van der Waals surface area contributed by atoms with Gasteiger partial charge in [-0.15, -0.1) is 0 Å². The molecule has 0 bridgehead atoms. The van der Waals surface area contributed by atoms with E-state index in [0.717, 1.165) is 36.8 Å². The molecule has 41 heavy (non-hydrogen) atoms. The smallest absolute Gasteiger partial charge is 0.344 e. The Bertz CT molecular complexity index is 1310. The number of phenolic OH excluding ortho intramolecular Hbond substituents is 1. The van der Waals surface area contributed by atoms with Gasteiger partial charge >= 0.3 is 5.97 Å². The molecule has 0 saturated heterocycles. The maximum atomic E-state index is 14.0. The van der Waals surface area contributed by atoms with Crippen LogP contribution in [0.15, 0.2) is 66.3 Å². The lowest BCUT2D eigenvalue weighted by molar-refractivity contribution is -0.241. The second-order valence-electron chi connectivity index (χ2n) is 11.5. The summed E-state index contributed by atoms with van der Waals surface area (Å²) in [7, 11) is -4.87. The highest BCUT2D eigenvalue weighted by Gasteiger charge is 2.46. The number of allylic oxidation sites excluding steroid dienone is 3. The number of carbonyl (C=O) groups is 1. The molecule has 7 nitrogen and oxygen atoms in total. The number of phosphoric acid groups is 1. The van der Waals surface area contributed by atoms with Gasteiger partial charge in [-0.25, -0.2) is 4.79 Å². The predicted octanol–water partition coefficient (Wildman–Crippen LogP) is 7.67. The fourth-order valence-corrected chi connectivity index (χ4v) is 7.09. The molecule has 2 aliphatic rings. The summed E-state index contributed by atoms with van der Waals surface area (Å²) in [6.45, 7) is 10.1. The summed E-state index contributed by atoms with van der Waals surface area (Å²) in [6, 6.07) is 12.4. The van der Waals surface area contributed by atoms with E-state index >= 15 is 0 Å². The Kier molecular flexibility index (Phi) is 10.3. The van der Waals surface area contributed by atoms with Crippen molar-refractivity contribution in [1.29, 1.82) is 0 Å². The first kappa shape index (κ1) is 31.2. The van der Waals surface area contributed by atoms with E-state index in [0.29, 0.717) is 30.4 Å². The van der Waals surface area contributed by atoms with Gasteiger partial charge in [0.25, 0.3) is 7.82 Å². The molecule has 0 aliphatic heterocycles. The van der Waals surface area contributed by atoms with Crippen molar-refractivity contribution < 1.29 is 33.1 Å². The van der Waals surface area contributed by atoms with E-state index in [1.807, 2.05) is 19.9 Å². The van der Waals surface area contributed by atoms with Gasteiger partial charge in [0, 0.05) is 11.5 Å². The minimum atomic E-state index is -4.87. The van der Waals surface area contributed by atoms with Crippen LogP contribution in [0.3, 0.4) is 0 Å². The van der Waals surface area contributed by atoms with Crippen molar-refractivity contribution in [2.75, 3.05) is 0 Å². The summed E-state index contributed by atoms with van der Waals surface area (Å²) >= 11 is 0. The monoisotopic (exact) mass is 581 g/mol. The van der Waals surface area contributed by atoms with Gasteiger partial charge in [0.05, 0.1) is 6.61 Å². The van der Waals surface area contributed by atoms with E-state index in [4.69, 9.17) is 13.8 Å². The average Bonchev–Trinajstić information content (AvgIpc) is 2.92. The molecule has 2 aromatic rings. The number of benzene rings is 2. The number of esters is 1. The standard InChI is InChI=1S/C33H43O7P/c1-5-12-26-20-29(34)31(28-19-24(4)15-16-27(28)23(2)3)30(21-26)39-32(35)33(17-10-7-11-18-33)40-41(36,37)38-22-25-13-8-6-9-14-25/h6,8-9,13-14,19-21,27-28,34H,2,5,7,10-12,15-18,22H2,1,3-4H3,(H,36,37)/p-1/t27-,28+/m0/s1. The zero-order chi connectivity index (χ0) is 29.6. The quantitative estimate of drug-likeness (QED) is 0.126. The van der Waals surface area contributed by atoms with Gasteiger partial charge in [-0.3, -0.25) is 9.09 Å². The van der Waals surface area contributed by atoms with Gasteiger partial charge < -0.3 is 19.3 Å². The Morgan fingerprint density at radius 2 is 1.85 bits per heavy atom. The lowest BCUT2D eigenvalue weighted by Gasteiger charge is -2.39. The van der Waals surface area contributed by atoms with Crippen LogP contribution < -0.4 is 9.63 Å². The molecule has 1 saturated carbocycles. The van der Waals surface area contributed by atoms with Crippen LogP contribution in [0.2, 0.25) is 0 Å². The molecule has 0 aromatic heterocycles. The largest absolute Gasteiger partial charge is 0.756 e. The fraction of sp³-hybridized carbons (Fsp3) is 0.485. The number of carbonyl (C=O) groups excluding carboxylic acids is 1. The highest BCUT2D eigenvalue weighted by Crippen LogP contribution is 2.51. The van der Waals surface area contributed by atoms with Crippen molar-refractivity contribution >= 4 is 13.8 Å². The van der Waals surface area contributed by atoms with Gasteiger partial charge in [-0.1, -0.05) is 73.9 Å². The van der Waals surface area contributed by atoms with Gasteiger partial charge in [-0.05, 0) is 88.0 Å². The van der Waals surface area contributed by atoms with Crippen molar-refractivity contribution in [3.05, 3.63) is 83.0 Å². The van der Waals surface area contributed by atoms with Gasteiger partial charge in [0.1, 0.15) is 11.5 Å². The molecule has 222 valence electrons. The minimum absolute atomic E-state index is 0.0558. The highest BCUT2D eigenvalue weighted by atomic mass is 31.2. The van der Waals surface area contributed by atoms with Crippen molar-refractivity contribution in [1.82, 2.24) is 0 Å². The maximum absolute atomic E-state index is 14.0. The van der Waals surface area contributed by atoms with Crippen LogP contribution >= 0.6 is 7.82 Å². The van der Waals surface area contributed by atoms with E-state index in [-0.39, 0.29) is 42.8 Å². The summed E-state index contributed by atoms with van der Waals surface area (Å²) in [5.74, 6) is -0.662. The minimum Gasteiger partial charge on any atom is -0.756 e. The van der Waals surface area contributed by atoms with Crippen LogP contribution in [0.5, 0.6) is 11.5 Å². The topological polar surface area (TPSA) is 105 Å². The summed E-state index contributed by atoms with van der Waals surface area (Å²) in [4.78, 5) is 27.0. The maximum Gasteiger partial charge on any atom is 0.344 e. The van der Waals surface area contributed by atoms with Crippen molar-refractivity contribution in [2.45, 2.75) is 96.7 Å². The number of hydrogen-bond acceptors (Lipinski definition) is 7. The molecule has 8 heteroatoms. The first-order valence-electron chi connectivity index (χ1n) is 14.6. The Balaban J connectivity index is 1.67. The number of aromatic hydroxyl groups is 1. The van der Waals surface area contributed by atoms with Crippen molar-refractivity contribution in [3.63, 3.8) is 0 Å². The van der Waals surface area contributed by atoms with Crippen molar-refractivity contribution in [3.8, 4) is 11.5 Å². The Labute approximate surface area is 243 Å². The molecule has 0 heterocycles. The lowest BCUT2D eigenvalue weighted by atomic mass is 9.73. The zero-order valence-electron chi connectivity index (χ0n) is 24.4. The average molecular weight is 582 g/mol. The number of phenols is 1. The van der Waals surface area contributed by atoms with Gasteiger partial charge in [0.15, 0.2) is 5.60 Å². The second kappa shape index (κ2) is 13.5. The van der Waals surface area contributed by atoms with Crippen LogP contribution in [-0.2, 0) is 31.4 Å². The third-order valence-corrected chi connectivity index (χ3v) is 9.21. The molecule has 0 amide bonds. The predicted molar refractivity (Wildman–Crippen MR) is 158 cm³/mol. The summed E-state index contributed by atoms with van der Waals surface area (Å²) in [6.07, 6.45) is 7.92. The highest BCUT2D eigenvalue weighted by molar-refractivity contribution is 7.45. The summed E-state index contributed by atoms with van der Waals surface area (Å²) < 4.78 is 29.9. The normalized spacial score (nSPS) is 21.9. The van der Waals surface area contributed by atoms with Gasteiger partial charge in [-0.2, -0.15) is 0 Å². The first-order chi connectivity index (χ1) is 19.5. The molecule has 0 radical (unpaired) electrons. The molecule has 1 N–H and O–H groups in total. The molecular formula is C33H42O7P-. The Morgan fingerprint density at radius 3 is 2.51 bits per heavy atom. The van der Waals surface area contributed by atoms with Gasteiger partial charge in [0.2, 0.25) is 0 Å². The van der Waals surface area contributed by atoms with Crippen LogP contribution in [0, 0.1) is 5.92 Å². The number of rotatable bonds is 11. The SMILES string of the molecule is C=C(C)[C@@H]1CCC(C)=C[C@H]1c1c(O)cc(CCC)cc1OC(=O)C1(OP(=O)([O-])OCc2ccccc2)CCCCC1. The molecule has 1 unspecified atom stereocenters. The molecule has 2 aromatic carbocycles. The van der Waals surface area contributed by atoms with Crippen LogP contribution in [-0.4, -0.2) is 16.7 Å². The van der Waals surface area contributed by atoms with Crippen LogP contribution in [0.1, 0.15) is 94.7 Å². The number of phosphoric ester groups is 1. The number of ether oxygens (including phenoxy) is 1. The van der Waals surface area contributed by atoms with E-state index < -0.39 is 19.4 Å².